The molecule has 1 aliphatic carbocycles. The largest absolute Gasteiger partial charge is 0.390 e. The number of rotatable bonds is 1. The van der Waals surface area contributed by atoms with Crippen LogP contribution in [0.1, 0.15) is 33.6 Å². The van der Waals surface area contributed by atoms with E-state index in [2.05, 4.69) is 19.4 Å². The molecule has 0 aromatic carbocycles. The van der Waals surface area contributed by atoms with Gasteiger partial charge in [0.05, 0.1) is 5.60 Å². The zero-order valence-electron chi connectivity index (χ0n) is 7.59. The lowest BCUT2D eigenvalue weighted by Crippen LogP contribution is -2.32. The summed E-state index contributed by atoms with van der Waals surface area (Å²) in [5.41, 5.74) is 0.877. The zero-order valence-corrected chi connectivity index (χ0v) is 7.59. The van der Waals surface area contributed by atoms with E-state index >= 15 is 0 Å². The van der Waals surface area contributed by atoms with Gasteiger partial charge in [-0.15, -0.1) is 0 Å². The van der Waals surface area contributed by atoms with Crippen LogP contribution < -0.4 is 0 Å². The molecule has 1 N–H and O–H groups in total. The molecule has 0 fully saturated rings. The molecule has 1 heteroatoms. The van der Waals surface area contributed by atoms with Gasteiger partial charge >= 0.3 is 0 Å². The molecule has 0 amide bonds. The normalized spacial score (nSPS) is 26.5. The maximum Gasteiger partial charge on any atom is 0.0625 e. The summed E-state index contributed by atoms with van der Waals surface area (Å²) in [6.45, 7) is 5.89. The molecule has 0 bridgehead atoms. The standard InChI is InChI=1S/C10H17O/c1-8-4-6-9(7-5-8)10(2,3)11/h4,6,9,11H,5,7H2,1-3H3. The Bertz CT molecular complexity index is 162. The fraction of sp³-hybridized carbons (Fsp3) is 0.700. The summed E-state index contributed by atoms with van der Waals surface area (Å²) in [5, 5.41) is 9.67. The topological polar surface area (TPSA) is 20.2 Å². The Labute approximate surface area is 69.1 Å². The van der Waals surface area contributed by atoms with Crippen molar-refractivity contribution in [2.45, 2.75) is 39.2 Å². The Morgan fingerprint density at radius 3 is 2.55 bits per heavy atom. The van der Waals surface area contributed by atoms with E-state index in [0.717, 1.165) is 12.8 Å². The van der Waals surface area contributed by atoms with Gasteiger partial charge in [-0.05, 0) is 46.0 Å². The van der Waals surface area contributed by atoms with Crippen LogP contribution in [-0.2, 0) is 0 Å². The Kier molecular flexibility index (Phi) is 2.38. The van der Waals surface area contributed by atoms with Gasteiger partial charge in [-0.3, -0.25) is 0 Å². The second kappa shape index (κ2) is 2.98. The zero-order chi connectivity index (χ0) is 8.48. The lowest BCUT2D eigenvalue weighted by Gasteiger charge is -2.31. The first kappa shape index (κ1) is 8.79. The van der Waals surface area contributed by atoms with Crippen molar-refractivity contribution in [1.82, 2.24) is 0 Å². The van der Waals surface area contributed by atoms with Gasteiger partial charge < -0.3 is 5.11 Å². The lowest BCUT2D eigenvalue weighted by atomic mass is 9.80. The summed E-state index contributed by atoms with van der Waals surface area (Å²) in [6, 6.07) is 0. The second-order valence-electron chi connectivity index (χ2n) is 4.00. The average Bonchev–Trinajstić information content (AvgIpc) is 1.86. The summed E-state index contributed by atoms with van der Waals surface area (Å²) >= 11 is 0. The first-order chi connectivity index (χ1) is 5.00. The fourth-order valence-electron chi connectivity index (χ4n) is 1.43. The molecule has 1 atom stereocenters. The molecule has 63 valence electrons. The molecule has 1 rings (SSSR count). The molecule has 1 nitrogen and oxygen atoms in total. The maximum atomic E-state index is 9.67. The molecule has 1 unspecified atom stereocenters. The van der Waals surface area contributed by atoms with Crippen LogP contribution in [0.3, 0.4) is 0 Å². The SMILES string of the molecule is CC1=C[CH]C(C(C)(C)O)CC1. The van der Waals surface area contributed by atoms with E-state index in [4.69, 9.17) is 0 Å². The third-order valence-corrected chi connectivity index (χ3v) is 2.37. The highest BCUT2D eigenvalue weighted by atomic mass is 16.3. The first-order valence-electron chi connectivity index (χ1n) is 4.23. The van der Waals surface area contributed by atoms with E-state index in [1.807, 2.05) is 13.8 Å². The van der Waals surface area contributed by atoms with Gasteiger partial charge in [0.25, 0.3) is 0 Å². The minimum absolute atomic E-state index is 0.339. The van der Waals surface area contributed by atoms with Crippen LogP contribution in [0.15, 0.2) is 11.6 Å². The first-order valence-corrected chi connectivity index (χ1v) is 4.23. The van der Waals surface area contributed by atoms with Crippen molar-refractivity contribution in [3.63, 3.8) is 0 Å². The van der Waals surface area contributed by atoms with Crippen LogP contribution in [0, 0.1) is 12.3 Å². The molecule has 0 spiro atoms. The van der Waals surface area contributed by atoms with E-state index in [1.165, 1.54) is 5.57 Å². The van der Waals surface area contributed by atoms with Gasteiger partial charge in [-0.1, -0.05) is 11.6 Å². The van der Waals surface area contributed by atoms with Gasteiger partial charge in [0.15, 0.2) is 0 Å². The molecule has 0 heterocycles. The smallest absolute Gasteiger partial charge is 0.0625 e. The minimum atomic E-state index is -0.544. The third kappa shape index (κ3) is 2.33. The molecule has 0 aromatic heterocycles. The summed E-state index contributed by atoms with van der Waals surface area (Å²) in [5.74, 6) is 0.339. The van der Waals surface area contributed by atoms with Crippen LogP contribution in [-0.4, -0.2) is 10.7 Å². The number of allylic oxidation sites excluding steroid dienone is 2. The van der Waals surface area contributed by atoms with Crippen molar-refractivity contribution in [3.8, 4) is 0 Å². The van der Waals surface area contributed by atoms with E-state index in [1.54, 1.807) is 0 Å². The predicted molar refractivity (Wildman–Crippen MR) is 47.1 cm³/mol. The Balaban J connectivity index is 2.54. The van der Waals surface area contributed by atoms with Crippen molar-refractivity contribution in [2.24, 2.45) is 5.92 Å². The highest BCUT2D eigenvalue weighted by molar-refractivity contribution is 5.14. The van der Waals surface area contributed by atoms with Crippen molar-refractivity contribution in [2.75, 3.05) is 0 Å². The Morgan fingerprint density at radius 2 is 2.18 bits per heavy atom. The summed E-state index contributed by atoms with van der Waals surface area (Å²) in [6.07, 6.45) is 6.47. The number of hydrogen-bond donors (Lipinski definition) is 1. The molecule has 0 saturated carbocycles. The molecular formula is C10H17O. The highest BCUT2D eigenvalue weighted by Crippen LogP contribution is 2.30. The van der Waals surface area contributed by atoms with Gasteiger partial charge in [0, 0.05) is 0 Å². The highest BCUT2D eigenvalue weighted by Gasteiger charge is 2.27. The van der Waals surface area contributed by atoms with E-state index in [-0.39, 0.29) is 0 Å². The second-order valence-corrected chi connectivity index (χ2v) is 4.00. The molecule has 0 saturated heterocycles. The lowest BCUT2D eigenvalue weighted by molar-refractivity contribution is 0.0276. The van der Waals surface area contributed by atoms with Crippen LogP contribution in [0.4, 0.5) is 0 Å². The van der Waals surface area contributed by atoms with Crippen LogP contribution in [0.5, 0.6) is 0 Å². The van der Waals surface area contributed by atoms with E-state index < -0.39 is 5.60 Å². The van der Waals surface area contributed by atoms with Crippen molar-refractivity contribution < 1.29 is 5.11 Å². The van der Waals surface area contributed by atoms with Gasteiger partial charge in [0.1, 0.15) is 0 Å². The van der Waals surface area contributed by atoms with Crippen LogP contribution >= 0.6 is 0 Å². The Hall–Kier alpha value is -0.300. The monoisotopic (exact) mass is 153 g/mol. The van der Waals surface area contributed by atoms with Crippen molar-refractivity contribution >= 4 is 0 Å². The van der Waals surface area contributed by atoms with Crippen LogP contribution in [0.25, 0.3) is 0 Å². The predicted octanol–water partition coefficient (Wildman–Crippen LogP) is 2.32. The quantitative estimate of drug-likeness (QED) is 0.613. The van der Waals surface area contributed by atoms with E-state index in [9.17, 15) is 5.11 Å². The van der Waals surface area contributed by atoms with Crippen molar-refractivity contribution in [1.29, 1.82) is 0 Å². The average molecular weight is 153 g/mol. The molecule has 1 aliphatic rings. The van der Waals surface area contributed by atoms with E-state index in [0.29, 0.717) is 5.92 Å². The molecule has 11 heavy (non-hydrogen) atoms. The molecular weight excluding hydrogens is 136 g/mol. The summed E-state index contributed by atoms with van der Waals surface area (Å²) < 4.78 is 0. The maximum absolute atomic E-state index is 9.67. The Morgan fingerprint density at radius 1 is 1.55 bits per heavy atom. The third-order valence-electron chi connectivity index (χ3n) is 2.37. The molecule has 0 aromatic rings. The summed E-state index contributed by atoms with van der Waals surface area (Å²) in [4.78, 5) is 0. The molecule has 1 radical (unpaired) electrons. The van der Waals surface area contributed by atoms with Gasteiger partial charge in [-0.2, -0.15) is 0 Å². The minimum Gasteiger partial charge on any atom is -0.390 e. The fourth-order valence-corrected chi connectivity index (χ4v) is 1.43. The van der Waals surface area contributed by atoms with Crippen LogP contribution in [0.2, 0.25) is 0 Å². The number of aliphatic hydroxyl groups is 1. The van der Waals surface area contributed by atoms with Gasteiger partial charge in [0.2, 0.25) is 0 Å². The molecule has 0 aliphatic heterocycles. The van der Waals surface area contributed by atoms with Crippen molar-refractivity contribution in [3.05, 3.63) is 18.1 Å². The number of hydrogen-bond acceptors (Lipinski definition) is 1. The van der Waals surface area contributed by atoms with Gasteiger partial charge in [-0.25, -0.2) is 0 Å². The summed E-state index contributed by atoms with van der Waals surface area (Å²) in [7, 11) is 0.